The molecule has 2 heterocycles. The van der Waals surface area contributed by atoms with E-state index in [0.29, 0.717) is 19.6 Å². The fourth-order valence-corrected chi connectivity index (χ4v) is 3.36. The van der Waals surface area contributed by atoms with E-state index in [2.05, 4.69) is 12.2 Å². The van der Waals surface area contributed by atoms with Gasteiger partial charge in [-0.25, -0.2) is 4.79 Å². The molecule has 0 saturated carbocycles. The van der Waals surface area contributed by atoms with E-state index in [9.17, 15) is 9.59 Å². The minimum atomic E-state index is -0.684. The van der Waals surface area contributed by atoms with Crippen molar-refractivity contribution in [3.63, 3.8) is 0 Å². The highest BCUT2D eigenvalue weighted by molar-refractivity contribution is 5.85. The number of methoxy groups -OCH3 is 1. The number of ether oxygens (including phenoxy) is 2. The van der Waals surface area contributed by atoms with Gasteiger partial charge < -0.3 is 19.7 Å². The van der Waals surface area contributed by atoms with Gasteiger partial charge in [-0.15, -0.1) is 12.4 Å². The van der Waals surface area contributed by atoms with E-state index in [4.69, 9.17) is 9.47 Å². The van der Waals surface area contributed by atoms with Crippen molar-refractivity contribution in [3.05, 3.63) is 0 Å². The number of hydrogen-bond acceptors (Lipinski definition) is 5. The summed E-state index contributed by atoms with van der Waals surface area (Å²) in [7, 11) is 1.41. The van der Waals surface area contributed by atoms with Crippen molar-refractivity contribution in [1.29, 1.82) is 0 Å². The molecule has 1 amide bonds. The van der Waals surface area contributed by atoms with Gasteiger partial charge >= 0.3 is 12.1 Å². The second-order valence-electron chi connectivity index (χ2n) is 7.39. The van der Waals surface area contributed by atoms with Crippen molar-refractivity contribution in [1.82, 2.24) is 10.2 Å². The fourth-order valence-electron chi connectivity index (χ4n) is 3.36. The second kappa shape index (κ2) is 6.24. The van der Waals surface area contributed by atoms with Crippen LogP contribution in [0.4, 0.5) is 4.79 Å². The van der Waals surface area contributed by atoms with E-state index in [1.165, 1.54) is 7.11 Å². The molecule has 2 aliphatic heterocycles. The Hall–Kier alpha value is -1.01. The summed E-state index contributed by atoms with van der Waals surface area (Å²) in [5.74, 6) is -0.247. The summed E-state index contributed by atoms with van der Waals surface area (Å²) in [6.45, 7) is 9.87. The minimum Gasteiger partial charge on any atom is -0.468 e. The van der Waals surface area contributed by atoms with Gasteiger partial charge in [-0.2, -0.15) is 0 Å². The van der Waals surface area contributed by atoms with Crippen LogP contribution in [0.5, 0.6) is 0 Å². The SMILES string of the molecule is COC(=O)[C@]12CNC[C@@]1(C)CCN(C(=O)OC(C)(C)C)C2.Cl. The molecule has 2 atom stereocenters. The van der Waals surface area contributed by atoms with Crippen molar-refractivity contribution >= 4 is 24.5 Å². The number of carbonyl (C=O) groups excluding carboxylic acids is 2. The van der Waals surface area contributed by atoms with Crippen LogP contribution < -0.4 is 5.32 Å². The van der Waals surface area contributed by atoms with Crippen molar-refractivity contribution in [3.8, 4) is 0 Å². The number of halogens is 1. The molecule has 0 bridgehead atoms. The summed E-state index contributed by atoms with van der Waals surface area (Å²) in [5.41, 5.74) is -1.40. The van der Waals surface area contributed by atoms with Gasteiger partial charge in [-0.1, -0.05) is 6.92 Å². The van der Waals surface area contributed by atoms with Crippen molar-refractivity contribution in [2.24, 2.45) is 10.8 Å². The summed E-state index contributed by atoms with van der Waals surface area (Å²) < 4.78 is 10.5. The molecule has 0 spiro atoms. The Kier molecular flexibility index (Phi) is 5.40. The standard InChI is InChI=1S/C15H26N2O4.ClH/c1-13(2,3)21-12(19)17-7-6-14(4)8-16-9-15(14,10-17)11(18)20-5;/h16H,6-10H2,1-5H3;1H/t14-,15-;/m1./s1. The van der Waals surface area contributed by atoms with E-state index < -0.39 is 11.0 Å². The van der Waals surface area contributed by atoms with Crippen LogP contribution in [0.15, 0.2) is 0 Å². The van der Waals surface area contributed by atoms with Crippen LogP contribution in [0.2, 0.25) is 0 Å². The highest BCUT2D eigenvalue weighted by atomic mass is 35.5. The summed E-state index contributed by atoms with van der Waals surface area (Å²) in [6, 6.07) is 0. The van der Waals surface area contributed by atoms with Crippen LogP contribution in [0, 0.1) is 10.8 Å². The summed E-state index contributed by atoms with van der Waals surface area (Å²) in [5, 5.41) is 3.29. The average molecular weight is 335 g/mol. The Morgan fingerprint density at radius 1 is 1.23 bits per heavy atom. The van der Waals surface area contributed by atoms with Gasteiger partial charge in [0.1, 0.15) is 11.0 Å². The maximum atomic E-state index is 12.4. The van der Waals surface area contributed by atoms with Gasteiger partial charge in [-0.05, 0) is 27.2 Å². The Morgan fingerprint density at radius 3 is 2.41 bits per heavy atom. The van der Waals surface area contributed by atoms with E-state index >= 15 is 0 Å². The Balaban J connectivity index is 0.00000242. The molecule has 2 saturated heterocycles. The average Bonchev–Trinajstić information content (AvgIpc) is 2.73. The lowest BCUT2D eigenvalue weighted by atomic mass is 9.62. The van der Waals surface area contributed by atoms with Crippen LogP contribution in [0.3, 0.4) is 0 Å². The zero-order chi connectivity index (χ0) is 15.9. The third kappa shape index (κ3) is 3.18. The molecule has 0 aliphatic carbocycles. The number of hydrogen-bond donors (Lipinski definition) is 1. The first-order valence-electron chi connectivity index (χ1n) is 7.41. The molecular formula is C15H27ClN2O4. The molecule has 2 aliphatic rings. The molecule has 2 fully saturated rings. The van der Waals surface area contributed by atoms with Crippen molar-refractivity contribution in [2.45, 2.75) is 39.7 Å². The number of carbonyl (C=O) groups is 2. The highest BCUT2D eigenvalue weighted by Crippen LogP contribution is 2.49. The zero-order valence-corrected chi connectivity index (χ0v) is 14.8. The second-order valence-corrected chi connectivity index (χ2v) is 7.39. The quantitative estimate of drug-likeness (QED) is 0.741. The van der Waals surface area contributed by atoms with Crippen LogP contribution >= 0.6 is 12.4 Å². The predicted octanol–water partition coefficient (Wildman–Crippen LogP) is 1.82. The molecule has 2 rings (SSSR count). The smallest absolute Gasteiger partial charge is 0.410 e. The minimum absolute atomic E-state index is 0. The number of piperidine rings is 1. The van der Waals surface area contributed by atoms with E-state index in [-0.39, 0.29) is 29.9 Å². The van der Waals surface area contributed by atoms with Crippen molar-refractivity contribution in [2.75, 3.05) is 33.3 Å². The van der Waals surface area contributed by atoms with Crippen molar-refractivity contribution < 1.29 is 19.1 Å². The van der Waals surface area contributed by atoms with Gasteiger partial charge in [0, 0.05) is 31.6 Å². The maximum Gasteiger partial charge on any atom is 0.410 e. The molecule has 128 valence electrons. The first kappa shape index (κ1) is 19.0. The molecule has 22 heavy (non-hydrogen) atoms. The summed E-state index contributed by atoms with van der Waals surface area (Å²) >= 11 is 0. The van der Waals surface area contributed by atoms with Gasteiger partial charge in [0.2, 0.25) is 0 Å². The summed E-state index contributed by atoms with van der Waals surface area (Å²) in [4.78, 5) is 26.3. The number of fused-ring (bicyclic) bond motifs is 1. The van der Waals surface area contributed by atoms with Gasteiger partial charge in [0.05, 0.1) is 7.11 Å². The normalized spacial score (nSPS) is 31.0. The lowest BCUT2D eigenvalue weighted by Crippen LogP contribution is -2.59. The maximum absolute atomic E-state index is 12.4. The van der Waals surface area contributed by atoms with E-state index in [1.54, 1.807) is 4.90 Å². The van der Waals surface area contributed by atoms with Crippen LogP contribution in [-0.4, -0.2) is 55.9 Å². The van der Waals surface area contributed by atoms with Gasteiger partial charge in [0.15, 0.2) is 0 Å². The topological polar surface area (TPSA) is 67.9 Å². The molecule has 0 aromatic carbocycles. The zero-order valence-electron chi connectivity index (χ0n) is 14.0. The monoisotopic (exact) mass is 334 g/mol. The van der Waals surface area contributed by atoms with Gasteiger partial charge in [0.25, 0.3) is 0 Å². The Labute approximate surface area is 138 Å². The molecule has 0 aromatic heterocycles. The Morgan fingerprint density at radius 2 is 1.86 bits per heavy atom. The number of likely N-dealkylation sites (tertiary alicyclic amines) is 1. The van der Waals surface area contributed by atoms with E-state index in [1.807, 2.05) is 20.8 Å². The molecule has 7 heteroatoms. The largest absolute Gasteiger partial charge is 0.468 e. The number of amides is 1. The Bertz CT molecular complexity index is 451. The molecule has 0 unspecified atom stereocenters. The van der Waals surface area contributed by atoms with E-state index in [0.717, 1.165) is 13.0 Å². The number of rotatable bonds is 1. The van der Waals surface area contributed by atoms with Crippen LogP contribution in [0.25, 0.3) is 0 Å². The van der Waals surface area contributed by atoms with Crippen LogP contribution in [-0.2, 0) is 14.3 Å². The number of nitrogens with zero attached hydrogens (tertiary/aromatic N) is 1. The number of esters is 1. The molecule has 1 N–H and O–H groups in total. The fraction of sp³-hybridized carbons (Fsp3) is 0.867. The first-order valence-corrected chi connectivity index (χ1v) is 7.41. The van der Waals surface area contributed by atoms with Gasteiger partial charge in [-0.3, -0.25) is 4.79 Å². The first-order chi connectivity index (χ1) is 9.63. The summed E-state index contributed by atoms with van der Waals surface area (Å²) in [6.07, 6.45) is 0.397. The lowest BCUT2D eigenvalue weighted by Gasteiger charge is -2.48. The molecular weight excluding hydrogens is 308 g/mol. The molecule has 0 aromatic rings. The number of nitrogens with one attached hydrogen (secondary N) is 1. The third-order valence-corrected chi connectivity index (χ3v) is 4.72. The lowest BCUT2D eigenvalue weighted by molar-refractivity contribution is -0.163. The molecule has 0 radical (unpaired) electrons. The van der Waals surface area contributed by atoms with Crippen LogP contribution in [0.1, 0.15) is 34.1 Å². The predicted molar refractivity (Wildman–Crippen MR) is 85.1 cm³/mol. The highest BCUT2D eigenvalue weighted by Gasteiger charge is 2.61. The molecule has 6 nitrogen and oxygen atoms in total. The third-order valence-electron chi connectivity index (χ3n) is 4.72.